The number of rotatable bonds is 5. The summed E-state index contributed by atoms with van der Waals surface area (Å²) in [6.07, 6.45) is 4.83. The lowest BCUT2D eigenvalue weighted by Gasteiger charge is -2.13. The molecule has 2 heterocycles. The summed E-state index contributed by atoms with van der Waals surface area (Å²) in [6, 6.07) is 5.63. The third-order valence-corrected chi connectivity index (χ3v) is 6.00. The van der Waals surface area contributed by atoms with E-state index in [0.29, 0.717) is 32.1 Å². The van der Waals surface area contributed by atoms with E-state index in [1.165, 1.54) is 11.8 Å². The Labute approximate surface area is 163 Å². The van der Waals surface area contributed by atoms with Crippen molar-refractivity contribution in [1.82, 2.24) is 4.90 Å². The largest absolute Gasteiger partial charge is 0.455 e. The lowest BCUT2D eigenvalue weighted by atomic mass is 10.2. The van der Waals surface area contributed by atoms with Crippen LogP contribution in [-0.4, -0.2) is 21.7 Å². The summed E-state index contributed by atoms with van der Waals surface area (Å²) < 4.78 is 7.29. The normalized spacial score (nSPS) is 16.8. The highest BCUT2D eigenvalue weighted by Gasteiger charge is 2.32. The fourth-order valence-corrected chi connectivity index (χ4v) is 4.36. The molecule has 0 saturated carbocycles. The predicted molar refractivity (Wildman–Crippen MR) is 108 cm³/mol. The highest BCUT2D eigenvalue weighted by Crippen LogP contribution is 2.37. The van der Waals surface area contributed by atoms with E-state index in [1.54, 1.807) is 11.0 Å². The van der Waals surface area contributed by atoms with Crippen molar-refractivity contribution < 1.29 is 9.21 Å². The molecule has 1 amide bonds. The lowest BCUT2D eigenvalue weighted by molar-refractivity contribution is -0.122. The zero-order valence-electron chi connectivity index (χ0n) is 13.0. The van der Waals surface area contributed by atoms with Gasteiger partial charge in [-0.05, 0) is 24.6 Å². The Bertz CT molecular complexity index is 846. The first-order valence-electron chi connectivity index (χ1n) is 7.64. The zero-order valence-corrected chi connectivity index (χ0v) is 16.9. The standard InChI is InChI=1S/C17H15BrClNO2S2/c1-2-3-4-7-20-16(21)14(24-17(20)23)9-13-15(19)11-8-10(18)5-6-12(11)22-13/h5-6,8-9H,2-4,7H2,1H3/b14-9-. The van der Waals surface area contributed by atoms with E-state index in [-0.39, 0.29) is 5.91 Å². The quantitative estimate of drug-likeness (QED) is 0.310. The second-order valence-electron chi connectivity index (χ2n) is 5.46. The minimum atomic E-state index is -0.0705. The first kappa shape index (κ1) is 18.0. The van der Waals surface area contributed by atoms with Gasteiger partial charge in [-0.3, -0.25) is 9.69 Å². The van der Waals surface area contributed by atoms with Crippen molar-refractivity contribution in [2.24, 2.45) is 0 Å². The molecule has 7 heteroatoms. The Kier molecular flexibility index (Phi) is 5.70. The summed E-state index contributed by atoms with van der Waals surface area (Å²) in [5, 5.41) is 1.32. The van der Waals surface area contributed by atoms with Gasteiger partial charge in [-0.2, -0.15) is 0 Å². The average Bonchev–Trinajstić information content (AvgIpc) is 2.99. The molecule has 0 radical (unpaired) electrons. The second kappa shape index (κ2) is 7.60. The van der Waals surface area contributed by atoms with E-state index in [0.717, 1.165) is 29.1 Å². The van der Waals surface area contributed by atoms with Crippen LogP contribution in [0.1, 0.15) is 31.9 Å². The van der Waals surface area contributed by atoms with Crippen LogP contribution in [0.5, 0.6) is 0 Å². The molecular formula is C17H15BrClNO2S2. The summed E-state index contributed by atoms with van der Waals surface area (Å²) in [6.45, 7) is 2.79. The molecule has 24 heavy (non-hydrogen) atoms. The maximum absolute atomic E-state index is 12.6. The number of nitrogens with zero attached hydrogens (tertiary/aromatic N) is 1. The van der Waals surface area contributed by atoms with E-state index in [9.17, 15) is 4.79 Å². The van der Waals surface area contributed by atoms with E-state index in [2.05, 4.69) is 22.9 Å². The van der Waals surface area contributed by atoms with Gasteiger partial charge >= 0.3 is 0 Å². The third kappa shape index (κ3) is 3.57. The van der Waals surface area contributed by atoms with Crippen LogP contribution in [-0.2, 0) is 4.79 Å². The fourth-order valence-electron chi connectivity index (χ4n) is 2.48. The van der Waals surface area contributed by atoms with Crippen LogP contribution in [0.2, 0.25) is 5.02 Å². The fraction of sp³-hybridized carbons (Fsp3) is 0.294. The lowest BCUT2D eigenvalue weighted by Crippen LogP contribution is -2.28. The number of carbonyl (C=O) groups excluding carboxylic acids is 1. The molecule has 3 nitrogen and oxygen atoms in total. The number of thioether (sulfide) groups is 1. The van der Waals surface area contributed by atoms with E-state index >= 15 is 0 Å². The van der Waals surface area contributed by atoms with Crippen molar-refractivity contribution in [2.75, 3.05) is 6.54 Å². The van der Waals surface area contributed by atoms with Crippen molar-refractivity contribution in [1.29, 1.82) is 0 Å². The molecule has 1 aliphatic rings. The molecule has 0 aliphatic carbocycles. The van der Waals surface area contributed by atoms with Crippen LogP contribution >= 0.6 is 51.5 Å². The van der Waals surface area contributed by atoms with E-state index < -0.39 is 0 Å². The Morgan fingerprint density at radius 3 is 2.96 bits per heavy atom. The monoisotopic (exact) mass is 443 g/mol. The van der Waals surface area contributed by atoms with Gasteiger partial charge in [0, 0.05) is 22.5 Å². The number of fused-ring (bicyclic) bond motifs is 1. The van der Waals surface area contributed by atoms with Gasteiger partial charge in [-0.1, -0.05) is 71.3 Å². The smallest absolute Gasteiger partial charge is 0.266 e. The molecule has 0 unspecified atom stereocenters. The van der Waals surface area contributed by atoms with Crippen LogP contribution in [0.4, 0.5) is 0 Å². The van der Waals surface area contributed by atoms with Gasteiger partial charge in [0.25, 0.3) is 5.91 Å². The molecule has 1 aromatic heterocycles. The van der Waals surface area contributed by atoms with Gasteiger partial charge in [0.15, 0.2) is 0 Å². The number of unbranched alkanes of at least 4 members (excludes halogenated alkanes) is 2. The van der Waals surface area contributed by atoms with Crippen molar-refractivity contribution in [3.63, 3.8) is 0 Å². The van der Waals surface area contributed by atoms with Gasteiger partial charge in [-0.25, -0.2) is 0 Å². The number of amides is 1. The topological polar surface area (TPSA) is 33.5 Å². The third-order valence-electron chi connectivity index (χ3n) is 3.74. The van der Waals surface area contributed by atoms with Crippen molar-refractivity contribution in [2.45, 2.75) is 26.2 Å². The van der Waals surface area contributed by atoms with Crippen molar-refractivity contribution in [3.05, 3.63) is 38.4 Å². The Morgan fingerprint density at radius 1 is 1.42 bits per heavy atom. The Balaban J connectivity index is 1.88. The highest BCUT2D eigenvalue weighted by molar-refractivity contribution is 9.10. The molecule has 1 fully saturated rings. The summed E-state index contributed by atoms with van der Waals surface area (Å²) in [7, 11) is 0. The number of carbonyl (C=O) groups is 1. The molecule has 1 aromatic carbocycles. The van der Waals surface area contributed by atoms with Gasteiger partial charge in [0.1, 0.15) is 15.7 Å². The Hall–Kier alpha value is -0.820. The zero-order chi connectivity index (χ0) is 17.3. The van der Waals surface area contributed by atoms with E-state index in [4.69, 9.17) is 28.2 Å². The maximum Gasteiger partial charge on any atom is 0.266 e. The van der Waals surface area contributed by atoms with Gasteiger partial charge in [0.05, 0.1) is 9.93 Å². The highest BCUT2D eigenvalue weighted by atomic mass is 79.9. The second-order valence-corrected chi connectivity index (χ2v) is 8.43. The minimum Gasteiger partial charge on any atom is -0.455 e. The SMILES string of the molecule is CCCCCN1C(=O)/C(=C/c2oc3ccc(Br)cc3c2Cl)SC1=S. The minimum absolute atomic E-state index is 0.0705. The molecule has 0 bridgehead atoms. The molecule has 0 N–H and O–H groups in total. The van der Waals surface area contributed by atoms with Crippen LogP contribution < -0.4 is 0 Å². The van der Waals surface area contributed by atoms with Gasteiger partial charge < -0.3 is 4.42 Å². The van der Waals surface area contributed by atoms with Crippen LogP contribution in [0, 0.1) is 0 Å². The first-order chi connectivity index (χ1) is 11.5. The number of furan rings is 1. The molecule has 1 saturated heterocycles. The molecule has 2 aromatic rings. The van der Waals surface area contributed by atoms with Crippen LogP contribution in [0.3, 0.4) is 0 Å². The molecule has 0 atom stereocenters. The number of benzene rings is 1. The molecular weight excluding hydrogens is 430 g/mol. The number of halogens is 2. The Morgan fingerprint density at radius 2 is 2.21 bits per heavy atom. The molecule has 126 valence electrons. The number of hydrogen-bond acceptors (Lipinski definition) is 4. The maximum atomic E-state index is 12.6. The molecule has 0 spiro atoms. The van der Waals surface area contributed by atoms with Crippen LogP contribution in [0.15, 0.2) is 32.0 Å². The summed E-state index contributed by atoms with van der Waals surface area (Å²) in [5.74, 6) is 0.414. The van der Waals surface area contributed by atoms with Gasteiger partial charge in [-0.15, -0.1) is 0 Å². The van der Waals surface area contributed by atoms with E-state index in [1.807, 2.05) is 18.2 Å². The summed E-state index contributed by atoms with van der Waals surface area (Å²) >= 11 is 16.5. The van der Waals surface area contributed by atoms with Crippen LogP contribution in [0.25, 0.3) is 17.0 Å². The van der Waals surface area contributed by atoms with Gasteiger partial charge in [0.2, 0.25) is 0 Å². The first-order valence-corrected chi connectivity index (χ1v) is 10.0. The number of thiocarbonyl (C=S) groups is 1. The van der Waals surface area contributed by atoms with Crippen molar-refractivity contribution in [3.8, 4) is 0 Å². The molecule has 1 aliphatic heterocycles. The summed E-state index contributed by atoms with van der Waals surface area (Å²) in [5.41, 5.74) is 0.688. The number of hydrogen-bond donors (Lipinski definition) is 0. The van der Waals surface area contributed by atoms with Crippen molar-refractivity contribution >= 4 is 78.8 Å². The molecule has 3 rings (SSSR count). The average molecular weight is 445 g/mol. The predicted octanol–water partition coefficient (Wildman–Crippen LogP) is 6.24. The summed E-state index contributed by atoms with van der Waals surface area (Å²) in [4.78, 5) is 14.8.